The lowest BCUT2D eigenvalue weighted by Crippen LogP contribution is -2.10. The van der Waals surface area contributed by atoms with Crippen LogP contribution in [-0.4, -0.2) is 4.98 Å². The van der Waals surface area contributed by atoms with Crippen LogP contribution in [0.25, 0.3) is 0 Å². The Morgan fingerprint density at radius 3 is 2.73 bits per heavy atom. The molecule has 1 aromatic heterocycles. The quantitative estimate of drug-likeness (QED) is 0.616. The molecule has 76 valence electrons. The zero-order chi connectivity index (χ0) is 11.3. The summed E-state index contributed by atoms with van der Waals surface area (Å²) < 4.78 is 37.1. The molecule has 0 aromatic carbocycles. The van der Waals surface area contributed by atoms with Crippen LogP contribution in [0.15, 0.2) is 18.3 Å². The first-order valence-corrected chi connectivity index (χ1v) is 3.93. The fourth-order valence-electron chi connectivity index (χ4n) is 0.911. The third-order valence-corrected chi connectivity index (χ3v) is 1.47. The first kappa shape index (κ1) is 11.1. The Morgan fingerprint density at radius 1 is 1.40 bits per heavy atom. The molecule has 0 atom stereocenters. The van der Waals surface area contributed by atoms with Crippen molar-refractivity contribution in [2.45, 2.75) is 12.6 Å². The third-order valence-electron chi connectivity index (χ3n) is 1.47. The number of nitriles is 1. The van der Waals surface area contributed by atoms with E-state index in [1.165, 1.54) is 12.1 Å². The third kappa shape index (κ3) is 2.99. The Balaban J connectivity index is 3.11. The number of hydrogen-bond acceptors (Lipinski definition) is 2. The number of hydrogen-bond donors (Lipinski definition) is 0. The van der Waals surface area contributed by atoms with Gasteiger partial charge in [0, 0.05) is 6.20 Å². The van der Waals surface area contributed by atoms with E-state index in [4.69, 9.17) is 5.26 Å². The van der Waals surface area contributed by atoms with Crippen molar-refractivity contribution in [2.75, 3.05) is 0 Å². The highest BCUT2D eigenvalue weighted by molar-refractivity contribution is 5.39. The smallest absolute Gasteiger partial charge is 0.251 e. The number of alkyl halides is 3. The van der Waals surface area contributed by atoms with Crippen molar-refractivity contribution >= 4 is 0 Å². The summed E-state index contributed by atoms with van der Waals surface area (Å²) in [6.45, 7) is 0. The predicted octanol–water partition coefficient (Wildman–Crippen LogP) is 2.37. The minimum absolute atomic E-state index is 0.105. The van der Waals surface area contributed by atoms with E-state index >= 15 is 0 Å². The molecule has 1 aromatic rings. The largest absolute Gasteiger partial charge is 0.434 e. The van der Waals surface area contributed by atoms with Crippen molar-refractivity contribution in [2.24, 2.45) is 0 Å². The van der Waals surface area contributed by atoms with Gasteiger partial charge >= 0.3 is 6.18 Å². The van der Waals surface area contributed by atoms with Crippen molar-refractivity contribution in [1.82, 2.24) is 4.98 Å². The zero-order valence-electron chi connectivity index (χ0n) is 7.47. The van der Waals surface area contributed by atoms with Gasteiger partial charge in [0.15, 0.2) is 5.69 Å². The van der Waals surface area contributed by atoms with Crippen molar-refractivity contribution in [1.29, 1.82) is 5.26 Å². The van der Waals surface area contributed by atoms with Crippen LogP contribution >= 0.6 is 0 Å². The maximum absolute atomic E-state index is 12.4. The molecule has 1 rings (SSSR count). The van der Waals surface area contributed by atoms with Gasteiger partial charge in [-0.15, -0.1) is 0 Å². The summed E-state index contributed by atoms with van der Waals surface area (Å²) in [5.74, 6) is 4.58. The van der Waals surface area contributed by atoms with Crippen LogP contribution in [-0.2, 0) is 6.18 Å². The van der Waals surface area contributed by atoms with Gasteiger partial charge in [-0.25, -0.2) is 0 Å². The van der Waals surface area contributed by atoms with Gasteiger partial charge in [0.2, 0.25) is 0 Å². The summed E-state index contributed by atoms with van der Waals surface area (Å²) in [5, 5.41) is 8.18. The fourth-order valence-corrected chi connectivity index (χ4v) is 0.911. The molecule has 2 nitrogen and oxygen atoms in total. The van der Waals surface area contributed by atoms with E-state index in [-0.39, 0.29) is 12.0 Å². The average Bonchev–Trinajstić information content (AvgIpc) is 2.17. The molecule has 0 N–H and O–H groups in total. The summed E-state index contributed by atoms with van der Waals surface area (Å²) in [7, 11) is 0. The maximum Gasteiger partial charge on any atom is 0.434 e. The molecular formula is C10H5F3N2. The minimum atomic E-state index is -4.52. The molecule has 15 heavy (non-hydrogen) atoms. The minimum Gasteiger partial charge on any atom is -0.251 e. The molecule has 0 aliphatic rings. The molecule has 0 aliphatic heterocycles. The van der Waals surface area contributed by atoms with Gasteiger partial charge in [-0.2, -0.15) is 18.4 Å². The summed E-state index contributed by atoms with van der Waals surface area (Å²) in [4.78, 5) is 3.22. The number of rotatable bonds is 0. The van der Waals surface area contributed by atoms with Crippen LogP contribution in [0.1, 0.15) is 17.7 Å². The topological polar surface area (TPSA) is 36.7 Å². The summed E-state index contributed by atoms with van der Waals surface area (Å²) in [5.41, 5.74) is -1.23. The standard InChI is InChI=1S/C10H5F3N2/c11-10(12,13)9-8(4-1-2-6-14)5-3-7-15-9/h3,5,7H,2H2. The van der Waals surface area contributed by atoms with Gasteiger partial charge in [0.05, 0.1) is 18.1 Å². The van der Waals surface area contributed by atoms with Crippen molar-refractivity contribution in [3.05, 3.63) is 29.6 Å². The van der Waals surface area contributed by atoms with E-state index in [2.05, 4.69) is 16.8 Å². The van der Waals surface area contributed by atoms with Crippen LogP contribution in [0.2, 0.25) is 0 Å². The molecular weight excluding hydrogens is 205 g/mol. The Bertz CT molecular complexity index is 446. The maximum atomic E-state index is 12.4. The van der Waals surface area contributed by atoms with Gasteiger partial charge in [0.1, 0.15) is 0 Å². The Hall–Kier alpha value is -2.01. The average molecular weight is 210 g/mol. The van der Waals surface area contributed by atoms with E-state index in [1.54, 1.807) is 6.07 Å². The molecule has 5 heteroatoms. The Morgan fingerprint density at radius 2 is 2.13 bits per heavy atom. The molecule has 0 saturated heterocycles. The number of halogens is 3. The van der Waals surface area contributed by atoms with Gasteiger partial charge in [0.25, 0.3) is 0 Å². The Kier molecular flexibility index (Phi) is 3.30. The van der Waals surface area contributed by atoms with Gasteiger partial charge in [-0.3, -0.25) is 4.98 Å². The highest BCUT2D eigenvalue weighted by Gasteiger charge is 2.34. The lowest BCUT2D eigenvalue weighted by molar-refractivity contribution is -0.141. The number of aromatic nitrogens is 1. The van der Waals surface area contributed by atoms with Crippen LogP contribution in [0.4, 0.5) is 13.2 Å². The highest BCUT2D eigenvalue weighted by atomic mass is 19.4. The molecule has 0 aliphatic carbocycles. The molecule has 0 unspecified atom stereocenters. The number of nitrogens with zero attached hydrogens (tertiary/aromatic N) is 2. The van der Waals surface area contributed by atoms with E-state index in [1.807, 2.05) is 0 Å². The Labute approximate surface area is 84.4 Å². The van der Waals surface area contributed by atoms with E-state index < -0.39 is 11.9 Å². The predicted molar refractivity (Wildman–Crippen MR) is 46.3 cm³/mol. The molecule has 0 bridgehead atoms. The summed E-state index contributed by atoms with van der Waals surface area (Å²) in [6.07, 6.45) is -3.57. The summed E-state index contributed by atoms with van der Waals surface area (Å²) >= 11 is 0. The lowest BCUT2D eigenvalue weighted by atomic mass is 10.2. The fraction of sp³-hybridized carbons (Fsp3) is 0.200. The van der Waals surface area contributed by atoms with Gasteiger partial charge < -0.3 is 0 Å². The van der Waals surface area contributed by atoms with E-state index in [9.17, 15) is 13.2 Å². The monoisotopic (exact) mass is 210 g/mol. The molecule has 1 heterocycles. The lowest BCUT2D eigenvalue weighted by Gasteiger charge is -2.06. The van der Waals surface area contributed by atoms with Crippen molar-refractivity contribution < 1.29 is 13.2 Å². The number of pyridine rings is 1. The second-order valence-electron chi connectivity index (χ2n) is 2.53. The second-order valence-corrected chi connectivity index (χ2v) is 2.53. The van der Waals surface area contributed by atoms with Crippen LogP contribution < -0.4 is 0 Å². The zero-order valence-corrected chi connectivity index (χ0v) is 7.47. The first-order valence-electron chi connectivity index (χ1n) is 3.93. The van der Waals surface area contributed by atoms with Crippen molar-refractivity contribution in [3.8, 4) is 17.9 Å². The van der Waals surface area contributed by atoms with Crippen LogP contribution in [0, 0.1) is 23.2 Å². The van der Waals surface area contributed by atoms with Crippen LogP contribution in [0.5, 0.6) is 0 Å². The molecule has 0 fully saturated rings. The van der Waals surface area contributed by atoms with Crippen molar-refractivity contribution in [3.63, 3.8) is 0 Å². The molecule has 0 spiro atoms. The normalized spacial score (nSPS) is 10.0. The molecule has 0 amide bonds. The van der Waals surface area contributed by atoms with E-state index in [0.717, 1.165) is 6.20 Å². The highest BCUT2D eigenvalue weighted by Crippen LogP contribution is 2.29. The summed E-state index contributed by atoms with van der Waals surface area (Å²) in [6, 6.07) is 4.31. The molecule has 0 radical (unpaired) electrons. The van der Waals surface area contributed by atoms with E-state index in [0.29, 0.717) is 0 Å². The SMILES string of the molecule is N#CCC#Cc1cccnc1C(F)(F)F. The second kappa shape index (κ2) is 4.47. The molecule has 0 saturated carbocycles. The first-order chi connectivity index (χ1) is 7.05. The van der Waals surface area contributed by atoms with Crippen LogP contribution in [0.3, 0.4) is 0 Å². The van der Waals surface area contributed by atoms with Gasteiger partial charge in [-0.1, -0.05) is 11.8 Å². The van der Waals surface area contributed by atoms with Gasteiger partial charge in [-0.05, 0) is 12.1 Å².